The number of ether oxygens (including phenoxy) is 1. The number of halogens is 1. The van der Waals surface area contributed by atoms with Crippen molar-refractivity contribution in [3.8, 4) is 0 Å². The van der Waals surface area contributed by atoms with E-state index in [0.717, 1.165) is 62.2 Å². The lowest BCUT2D eigenvalue weighted by Gasteiger charge is -2.32. The van der Waals surface area contributed by atoms with Gasteiger partial charge < -0.3 is 9.64 Å². The molecule has 2 fully saturated rings. The predicted octanol–water partition coefficient (Wildman–Crippen LogP) is 3.85. The number of hydrogen-bond donors (Lipinski definition) is 0. The largest absolute Gasteiger partial charge is 0.379 e. The second-order valence-corrected chi connectivity index (χ2v) is 10.1. The van der Waals surface area contributed by atoms with Crippen LogP contribution in [-0.4, -0.2) is 78.3 Å². The van der Waals surface area contributed by atoms with Gasteiger partial charge in [-0.1, -0.05) is 55.3 Å². The van der Waals surface area contributed by atoms with E-state index < -0.39 is 0 Å². The van der Waals surface area contributed by atoms with E-state index in [0.29, 0.717) is 26.2 Å². The number of morpholine rings is 1. The summed E-state index contributed by atoms with van der Waals surface area (Å²) in [6, 6.07) is 15.8. The minimum atomic E-state index is -0.309. The lowest BCUT2D eigenvalue weighted by atomic mass is 9.98. The summed E-state index contributed by atoms with van der Waals surface area (Å²) in [7, 11) is 0. The number of hydrogen-bond acceptors (Lipinski definition) is 5. The van der Waals surface area contributed by atoms with Gasteiger partial charge in [0.1, 0.15) is 12.4 Å². The van der Waals surface area contributed by atoms with Gasteiger partial charge in [0.2, 0.25) is 5.91 Å². The monoisotopic (exact) mass is 506 g/mol. The van der Waals surface area contributed by atoms with E-state index in [2.05, 4.69) is 4.90 Å². The third-order valence-corrected chi connectivity index (χ3v) is 7.66. The summed E-state index contributed by atoms with van der Waals surface area (Å²) in [6.07, 6.45) is 4.45. The van der Waals surface area contributed by atoms with Crippen molar-refractivity contribution < 1.29 is 18.7 Å². The Balaban J connectivity index is 1.36. The van der Waals surface area contributed by atoms with Crippen LogP contribution in [0.1, 0.15) is 49.3 Å². The van der Waals surface area contributed by atoms with E-state index >= 15 is 0 Å². The molecule has 196 valence electrons. The Morgan fingerprint density at radius 2 is 1.70 bits per heavy atom. The first-order valence-electron chi connectivity index (χ1n) is 13.4. The zero-order chi connectivity index (χ0) is 25.6. The molecule has 1 saturated carbocycles. The van der Waals surface area contributed by atoms with Crippen LogP contribution in [0, 0.1) is 11.7 Å². The molecule has 0 spiro atoms. The molecule has 0 bridgehead atoms. The number of carbonyl (C=O) groups is 2. The Bertz CT molecular complexity index is 1100. The van der Waals surface area contributed by atoms with E-state index in [4.69, 9.17) is 9.84 Å². The van der Waals surface area contributed by atoms with Crippen molar-refractivity contribution in [3.05, 3.63) is 71.5 Å². The smallest absolute Gasteiger partial charge is 0.262 e. The maximum Gasteiger partial charge on any atom is 0.262 e. The Labute approximate surface area is 217 Å². The summed E-state index contributed by atoms with van der Waals surface area (Å²) < 4.78 is 19.0. The lowest BCUT2D eigenvalue weighted by Crippen LogP contribution is -2.47. The van der Waals surface area contributed by atoms with Gasteiger partial charge in [0, 0.05) is 38.5 Å². The van der Waals surface area contributed by atoms with Gasteiger partial charge in [-0.05, 0) is 36.1 Å². The van der Waals surface area contributed by atoms with Crippen molar-refractivity contribution in [2.75, 3.05) is 45.9 Å². The highest BCUT2D eigenvalue weighted by Gasteiger charge is 2.36. The van der Waals surface area contributed by atoms with E-state index in [9.17, 15) is 14.0 Å². The Hall–Kier alpha value is -3.10. The summed E-state index contributed by atoms with van der Waals surface area (Å²) in [5.41, 5.74) is 2.52. The maximum atomic E-state index is 13.8. The van der Waals surface area contributed by atoms with Gasteiger partial charge in [-0.15, -0.1) is 0 Å². The first-order valence-corrected chi connectivity index (χ1v) is 13.4. The van der Waals surface area contributed by atoms with Crippen LogP contribution >= 0.6 is 0 Å². The van der Waals surface area contributed by atoms with Crippen LogP contribution < -0.4 is 0 Å². The molecule has 2 amide bonds. The van der Waals surface area contributed by atoms with Crippen LogP contribution in [0.2, 0.25) is 0 Å². The van der Waals surface area contributed by atoms with Gasteiger partial charge in [0.05, 0.1) is 25.0 Å². The molecule has 1 aliphatic carbocycles. The Morgan fingerprint density at radius 1 is 1.00 bits per heavy atom. The van der Waals surface area contributed by atoms with Crippen molar-refractivity contribution in [2.24, 2.45) is 11.0 Å². The zero-order valence-corrected chi connectivity index (χ0v) is 21.2. The minimum absolute atomic E-state index is 0.000681. The van der Waals surface area contributed by atoms with Gasteiger partial charge in [-0.25, -0.2) is 9.40 Å². The Kier molecular flexibility index (Phi) is 8.26. The molecule has 5 rings (SSSR count). The highest BCUT2D eigenvalue weighted by Crippen LogP contribution is 2.33. The molecule has 2 aromatic rings. The molecule has 37 heavy (non-hydrogen) atoms. The highest BCUT2D eigenvalue weighted by atomic mass is 19.1. The van der Waals surface area contributed by atoms with E-state index in [-0.39, 0.29) is 36.1 Å². The zero-order valence-electron chi connectivity index (χ0n) is 21.2. The quantitative estimate of drug-likeness (QED) is 0.546. The maximum absolute atomic E-state index is 13.8. The summed E-state index contributed by atoms with van der Waals surface area (Å²) in [5.74, 6) is -0.424. The molecule has 7 nitrogen and oxygen atoms in total. The van der Waals surface area contributed by atoms with Crippen LogP contribution in [0.3, 0.4) is 0 Å². The third-order valence-electron chi connectivity index (χ3n) is 7.66. The molecular weight excluding hydrogens is 471 g/mol. The van der Waals surface area contributed by atoms with Crippen LogP contribution in [0.4, 0.5) is 4.39 Å². The van der Waals surface area contributed by atoms with Crippen molar-refractivity contribution in [2.45, 2.75) is 38.1 Å². The van der Waals surface area contributed by atoms with E-state index in [1.54, 1.807) is 17.0 Å². The summed E-state index contributed by atoms with van der Waals surface area (Å²) in [5, 5.41) is 6.26. The first kappa shape index (κ1) is 25.5. The number of benzene rings is 2. The van der Waals surface area contributed by atoms with Crippen molar-refractivity contribution in [3.63, 3.8) is 0 Å². The van der Waals surface area contributed by atoms with E-state index in [1.165, 1.54) is 17.1 Å². The minimum Gasteiger partial charge on any atom is -0.379 e. The van der Waals surface area contributed by atoms with Crippen molar-refractivity contribution >= 4 is 17.5 Å². The summed E-state index contributed by atoms with van der Waals surface area (Å²) in [6.45, 7) is 4.32. The number of amides is 2. The van der Waals surface area contributed by atoms with Crippen LogP contribution in [0.15, 0.2) is 59.7 Å². The molecule has 8 heteroatoms. The molecule has 1 unspecified atom stereocenters. The molecule has 0 N–H and O–H groups in total. The second-order valence-electron chi connectivity index (χ2n) is 10.1. The average molecular weight is 507 g/mol. The fourth-order valence-electron chi connectivity index (χ4n) is 5.51. The topological polar surface area (TPSA) is 65.5 Å². The van der Waals surface area contributed by atoms with Crippen LogP contribution in [-0.2, 0) is 14.3 Å². The normalized spacial score (nSPS) is 20.7. The molecule has 0 radical (unpaired) electrons. The van der Waals surface area contributed by atoms with Crippen molar-refractivity contribution in [1.29, 1.82) is 0 Å². The number of carbonyl (C=O) groups excluding carboxylic acids is 2. The fourth-order valence-corrected chi connectivity index (χ4v) is 5.51. The average Bonchev–Trinajstić information content (AvgIpc) is 3.63. The molecule has 2 aliphatic heterocycles. The molecule has 1 atom stereocenters. The summed E-state index contributed by atoms with van der Waals surface area (Å²) in [4.78, 5) is 31.3. The van der Waals surface area contributed by atoms with Gasteiger partial charge in [-0.3, -0.25) is 14.5 Å². The van der Waals surface area contributed by atoms with Gasteiger partial charge >= 0.3 is 0 Å². The molecule has 2 aromatic carbocycles. The van der Waals surface area contributed by atoms with Crippen molar-refractivity contribution in [1.82, 2.24) is 14.8 Å². The highest BCUT2D eigenvalue weighted by molar-refractivity contribution is 6.03. The van der Waals surface area contributed by atoms with Crippen LogP contribution in [0.25, 0.3) is 0 Å². The molecular formula is C29H35FN4O3. The first-order chi connectivity index (χ1) is 18.1. The predicted molar refractivity (Wildman–Crippen MR) is 139 cm³/mol. The Morgan fingerprint density at radius 3 is 2.41 bits per heavy atom. The van der Waals surface area contributed by atoms with Crippen LogP contribution in [0.5, 0.6) is 0 Å². The van der Waals surface area contributed by atoms with Gasteiger partial charge in [0.25, 0.3) is 5.91 Å². The number of nitrogens with zero attached hydrogens (tertiary/aromatic N) is 4. The second kappa shape index (κ2) is 12.0. The third kappa shape index (κ3) is 6.25. The lowest BCUT2D eigenvalue weighted by molar-refractivity contribution is -0.144. The molecule has 3 aliphatic rings. The van der Waals surface area contributed by atoms with E-state index in [1.807, 2.05) is 30.3 Å². The molecule has 0 aromatic heterocycles. The number of hydrazone groups is 1. The fraction of sp³-hybridized carbons (Fsp3) is 0.483. The summed E-state index contributed by atoms with van der Waals surface area (Å²) >= 11 is 0. The molecule has 2 heterocycles. The van der Waals surface area contributed by atoms with Gasteiger partial charge in [-0.2, -0.15) is 5.10 Å². The standard InChI is InChI=1S/C29H35FN4O3/c30-25-12-10-22(11-13-25)26-20-27(23-6-2-1-3-7-23)34(31-26)28(35)21-33(29(36)24-8-4-5-9-24)15-14-32-16-18-37-19-17-32/h1-3,6-7,10-13,24,27H,4-5,8-9,14-21H2. The number of rotatable bonds is 8. The molecule has 1 saturated heterocycles. The van der Waals surface area contributed by atoms with Gasteiger partial charge in [0.15, 0.2) is 0 Å². The SMILES string of the molecule is O=C(C1CCCC1)N(CCN1CCOCC1)CC(=O)N1N=C(c2ccc(F)cc2)CC1c1ccccc1.